The summed E-state index contributed by atoms with van der Waals surface area (Å²) in [6, 6.07) is 0. The quantitative estimate of drug-likeness (QED) is 0.481. The number of rotatable bonds is 2. The molecule has 15 heavy (non-hydrogen) atoms. The molecule has 3 nitrogen and oxygen atoms in total. The van der Waals surface area contributed by atoms with E-state index in [4.69, 9.17) is 0 Å². The molecule has 4 bridgehead atoms. The molecule has 4 saturated heterocycles. The second-order valence-corrected chi connectivity index (χ2v) is 6.22. The predicted molar refractivity (Wildman–Crippen MR) is 57.7 cm³/mol. The monoisotopic (exact) mass is 212 g/mol. The molecule has 3 heteroatoms. The van der Waals surface area contributed by atoms with Gasteiger partial charge in [0.25, 0.3) is 0 Å². The van der Waals surface area contributed by atoms with E-state index >= 15 is 0 Å². The minimum atomic E-state index is -0.0344. The van der Waals surface area contributed by atoms with Crippen LogP contribution in [0.3, 0.4) is 0 Å². The number of piperidine rings is 2. The first-order chi connectivity index (χ1) is 7.14. The normalized spacial score (nSPS) is 57.4. The number of nitrogens with one attached hydrogen (secondary N) is 2. The van der Waals surface area contributed by atoms with E-state index in [2.05, 4.69) is 13.8 Å². The molecule has 4 heterocycles. The summed E-state index contributed by atoms with van der Waals surface area (Å²) in [7, 11) is 0. The van der Waals surface area contributed by atoms with Gasteiger partial charge < -0.3 is 5.11 Å². The second-order valence-electron chi connectivity index (χ2n) is 6.22. The van der Waals surface area contributed by atoms with E-state index in [0.29, 0.717) is 0 Å². The Labute approximate surface area is 92.1 Å². The van der Waals surface area contributed by atoms with Gasteiger partial charge in [-0.2, -0.15) is 0 Å². The summed E-state index contributed by atoms with van der Waals surface area (Å²) in [5, 5.41) is 10.7. The van der Waals surface area contributed by atoms with Crippen molar-refractivity contribution >= 4 is 0 Å². The van der Waals surface area contributed by atoms with Gasteiger partial charge in [-0.05, 0) is 12.8 Å². The number of hydrogen-bond acceptors (Lipinski definition) is 1. The number of aliphatic hydroxyl groups excluding tert-OH is 1. The molecule has 0 saturated carbocycles. The topological polar surface area (TPSA) is 29.1 Å². The van der Waals surface area contributed by atoms with E-state index in [1.165, 1.54) is 32.8 Å². The molecule has 4 rings (SSSR count). The Kier molecular flexibility index (Phi) is 1.99. The number of quaternary nitrogens is 2. The first kappa shape index (κ1) is 10.1. The zero-order chi connectivity index (χ0) is 10.7. The van der Waals surface area contributed by atoms with Crippen molar-refractivity contribution in [2.24, 2.45) is 10.8 Å². The molecule has 0 amide bonds. The SMILES string of the molecule is CCC12C[NH+]3C[NH+](C1)CC(CC)(C3)C2O. The lowest BCUT2D eigenvalue weighted by Gasteiger charge is -2.61. The van der Waals surface area contributed by atoms with Gasteiger partial charge in [-0.1, -0.05) is 13.8 Å². The van der Waals surface area contributed by atoms with Crippen molar-refractivity contribution in [2.75, 3.05) is 32.8 Å². The molecular formula is C12H24N2O+2. The molecule has 0 aromatic rings. The average molecular weight is 212 g/mol. The van der Waals surface area contributed by atoms with E-state index in [0.717, 1.165) is 12.8 Å². The van der Waals surface area contributed by atoms with Crippen molar-refractivity contribution < 1.29 is 14.9 Å². The standard InChI is InChI=1S/C12H22N2O/c1-3-11-5-13-7-12(4-2,10(11)15)8-14(6-11)9-13/h10,15H,3-9H2,1-2H3/p+2. The molecular weight excluding hydrogens is 188 g/mol. The molecule has 86 valence electrons. The first-order valence-corrected chi connectivity index (χ1v) is 6.49. The van der Waals surface area contributed by atoms with Crippen LogP contribution < -0.4 is 9.80 Å². The molecule has 0 aromatic carbocycles. The van der Waals surface area contributed by atoms with E-state index in [1.807, 2.05) is 0 Å². The third-order valence-corrected chi connectivity index (χ3v) is 5.48. The molecule has 4 aliphatic heterocycles. The zero-order valence-electron chi connectivity index (χ0n) is 9.97. The lowest BCUT2D eigenvalue weighted by Crippen LogP contribution is -3.41. The van der Waals surface area contributed by atoms with Gasteiger partial charge in [-0.15, -0.1) is 0 Å². The van der Waals surface area contributed by atoms with Crippen LogP contribution in [-0.2, 0) is 0 Å². The van der Waals surface area contributed by atoms with Crippen molar-refractivity contribution in [3.8, 4) is 0 Å². The van der Waals surface area contributed by atoms with Crippen LogP contribution in [0.4, 0.5) is 0 Å². The highest BCUT2D eigenvalue weighted by Crippen LogP contribution is 2.42. The molecule has 0 unspecified atom stereocenters. The number of hydrogen-bond donors (Lipinski definition) is 3. The van der Waals surface area contributed by atoms with Crippen molar-refractivity contribution in [3.63, 3.8) is 0 Å². The maximum Gasteiger partial charge on any atom is 0.204 e. The predicted octanol–water partition coefficient (Wildman–Crippen LogP) is -2.09. The van der Waals surface area contributed by atoms with Crippen LogP contribution >= 0.6 is 0 Å². The van der Waals surface area contributed by atoms with Crippen LogP contribution in [0.15, 0.2) is 0 Å². The van der Waals surface area contributed by atoms with Gasteiger partial charge >= 0.3 is 0 Å². The maximum atomic E-state index is 10.7. The Bertz CT molecular complexity index is 241. The fourth-order valence-electron chi connectivity index (χ4n) is 4.77. The van der Waals surface area contributed by atoms with Gasteiger partial charge in [0.1, 0.15) is 0 Å². The highest BCUT2D eigenvalue weighted by molar-refractivity contribution is 5.02. The molecule has 0 radical (unpaired) electrons. The van der Waals surface area contributed by atoms with Crippen LogP contribution in [0.5, 0.6) is 0 Å². The fraction of sp³-hybridized carbons (Fsp3) is 1.00. The first-order valence-electron chi connectivity index (χ1n) is 6.49. The highest BCUT2D eigenvalue weighted by atomic mass is 16.3. The Morgan fingerprint density at radius 1 is 1.00 bits per heavy atom. The molecule has 4 fully saturated rings. The Morgan fingerprint density at radius 2 is 1.40 bits per heavy atom. The lowest BCUT2D eigenvalue weighted by molar-refractivity contribution is -1.15. The summed E-state index contributed by atoms with van der Waals surface area (Å²) in [4.78, 5) is 3.49. The van der Waals surface area contributed by atoms with Crippen molar-refractivity contribution in [1.82, 2.24) is 0 Å². The molecule has 4 aliphatic rings. The zero-order valence-corrected chi connectivity index (χ0v) is 9.97. The minimum absolute atomic E-state index is 0.0344. The van der Waals surface area contributed by atoms with Gasteiger partial charge in [0.2, 0.25) is 6.67 Å². The lowest BCUT2D eigenvalue weighted by atomic mass is 9.58. The van der Waals surface area contributed by atoms with Gasteiger partial charge in [0.05, 0.1) is 43.1 Å². The average Bonchev–Trinajstić information content (AvgIpc) is 2.24. The second kappa shape index (κ2) is 2.96. The molecule has 0 atom stereocenters. The Morgan fingerprint density at radius 3 is 1.73 bits per heavy atom. The van der Waals surface area contributed by atoms with Crippen LogP contribution in [0, 0.1) is 10.8 Å². The summed E-state index contributed by atoms with van der Waals surface area (Å²) < 4.78 is 0. The molecule has 3 N–H and O–H groups in total. The smallest absolute Gasteiger partial charge is 0.204 e. The number of aliphatic hydroxyl groups is 1. The molecule has 0 aliphatic carbocycles. The minimum Gasteiger partial charge on any atom is -0.391 e. The van der Waals surface area contributed by atoms with E-state index in [1.54, 1.807) is 9.80 Å². The van der Waals surface area contributed by atoms with Gasteiger partial charge in [0, 0.05) is 0 Å². The van der Waals surface area contributed by atoms with Crippen LogP contribution in [0.25, 0.3) is 0 Å². The van der Waals surface area contributed by atoms with E-state index in [-0.39, 0.29) is 16.9 Å². The van der Waals surface area contributed by atoms with Crippen molar-refractivity contribution in [1.29, 1.82) is 0 Å². The van der Waals surface area contributed by atoms with E-state index < -0.39 is 0 Å². The van der Waals surface area contributed by atoms with E-state index in [9.17, 15) is 5.11 Å². The maximum absolute atomic E-state index is 10.7. The third-order valence-electron chi connectivity index (χ3n) is 5.48. The summed E-state index contributed by atoms with van der Waals surface area (Å²) >= 11 is 0. The van der Waals surface area contributed by atoms with Crippen molar-refractivity contribution in [2.45, 2.75) is 32.8 Å². The van der Waals surface area contributed by atoms with Crippen molar-refractivity contribution in [3.05, 3.63) is 0 Å². The summed E-state index contributed by atoms with van der Waals surface area (Å²) in [5.41, 5.74) is 0.491. The Hall–Kier alpha value is -0.120. The molecule has 0 spiro atoms. The van der Waals surface area contributed by atoms with Gasteiger partial charge in [0.15, 0.2) is 0 Å². The molecule has 0 aromatic heterocycles. The van der Waals surface area contributed by atoms with Gasteiger partial charge in [-0.3, -0.25) is 9.80 Å². The Balaban J connectivity index is 2.01. The largest absolute Gasteiger partial charge is 0.391 e. The highest BCUT2D eigenvalue weighted by Gasteiger charge is 2.66. The summed E-state index contributed by atoms with van der Waals surface area (Å²) in [6.45, 7) is 10.7. The fourth-order valence-corrected chi connectivity index (χ4v) is 4.77. The van der Waals surface area contributed by atoms with Crippen LogP contribution in [0.2, 0.25) is 0 Å². The van der Waals surface area contributed by atoms with Gasteiger partial charge in [-0.25, -0.2) is 0 Å². The summed E-state index contributed by atoms with van der Waals surface area (Å²) in [6.07, 6.45) is 2.28. The summed E-state index contributed by atoms with van der Waals surface area (Å²) in [5.74, 6) is 0. The third kappa shape index (κ3) is 1.12. The van der Waals surface area contributed by atoms with Crippen LogP contribution in [0.1, 0.15) is 26.7 Å². The van der Waals surface area contributed by atoms with Crippen LogP contribution in [-0.4, -0.2) is 44.1 Å².